The van der Waals surface area contributed by atoms with Crippen molar-refractivity contribution in [3.05, 3.63) is 27.7 Å². The maximum Gasteiger partial charge on any atom is 0.123 e. The number of rotatable bonds is 3. The summed E-state index contributed by atoms with van der Waals surface area (Å²) < 4.78 is 13.3. The van der Waals surface area contributed by atoms with Gasteiger partial charge in [-0.2, -0.15) is 0 Å². The van der Waals surface area contributed by atoms with Gasteiger partial charge in [-0.1, -0.05) is 23.2 Å². The molecule has 0 aliphatic carbocycles. The lowest BCUT2D eigenvalue weighted by Crippen LogP contribution is -2.45. The second-order valence-corrected chi connectivity index (χ2v) is 5.12. The molecular formula is C12H17Cl4FN2O. The highest BCUT2D eigenvalue weighted by molar-refractivity contribution is 6.35. The van der Waals surface area contributed by atoms with Crippen LogP contribution in [0, 0.1) is 0 Å². The van der Waals surface area contributed by atoms with Gasteiger partial charge in [-0.25, -0.2) is 4.39 Å². The molecule has 0 radical (unpaired) electrons. The Morgan fingerprint density at radius 2 is 1.85 bits per heavy atom. The lowest BCUT2D eigenvalue weighted by atomic mass is 10.0. The van der Waals surface area contributed by atoms with E-state index in [2.05, 4.69) is 5.32 Å². The summed E-state index contributed by atoms with van der Waals surface area (Å²) in [5, 5.41) is 13.8. The van der Waals surface area contributed by atoms with Crippen molar-refractivity contribution < 1.29 is 9.50 Å². The normalized spacial score (nSPS) is 16.9. The molecule has 116 valence electrons. The number of nitrogens with zero attached hydrogens (tertiary/aromatic N) is 1. The molecule has 1 atom stereocenters. The Labute approximate surface area is 140 Å². The first-order valence-electron chi connectivity index (χ1n) is 5.82. The van der Waals surface area contributed by atoms with Crippen LogP contribution in [0.15, 0.2) is 12.1 Å². The van der Waals surface area contributed by atoms with Crippen molar-refractivity contribution in [3.63, 3.8) is 0 Å². The monoisotopic (exact) mass is 364 g/mol. The quantitative estimate of drug-likeness (QED) is 0.860. The smallest absolute Gasteiger partial charge is 0.123 e. The number of alkyl halides is 1. The summed E-state index contributed by atoms with van der Waals surface area (Å²) in [4.78, 5) is 1.98. The molecule has 0 unspecified atom stereocenters. The topological polar surface area (TPSA) is 35.5 Å². The maximum absolute atomic E-state index is 13.3. The van der Waals surface area contributed by atoms with Gasteiger partial charge in [-0.05, 0) is 12.1 Å². The molecule has 1 aromatic carbocycles. The second-order valence-electron chi connectivity index (χ2n) is 4.28. The van der Waals surface area contributed by atoms with Gasteiger partial charge in [0.05, 0.1) is 11.1 Å². The van der Waals surface area contributed by atoms with Crippen LogP contribution in [0.1, 0.15) is 11.6 Å². The minimum absolute atomic E-state index is 0. The molecule has 0 amide bonds. The second kappa shape index (κ2) is 9.13. The number of phenols is 1. The number of piperazine rings is 1. The van der Waals surface area contributed by atoms with E-state index in [1.54, 1.807) is 0 Å². The van der Waals surface area contributed by atoms with E-state index < -0.39 is 12.7 Å². The fourth-order valence-electron chi connectivity index (χ4n) is 2.25. The van der Waals surface area contributed by atoms with Gasteiger partial charge in [-0.3, -0.25) is 4.90 Å². The highest BCUT2D eigenvalue weighted by atomic mass is 35.5. The number of aromatic hydroxyl groups is 1. The Balaban J connectivity index is 0.00000180. The van der Waals surface area contributed by atoms with Crippen LogP contribution in [-0.2, 0) is 0 Å². The lowest BCUT2D eigenvalue weighted by Gasteiger charge is -2.34. The number of benzene rings is 1. The predicted molar refractivity (Wildman–Crippen MR) is 85.8 cm³/mol. The minimum Gasteiger partial charge on any atom is -0.507 e. The summed E-state index contributed by atoms with van der Waals surface area (Å²) in [6.07, 6.45) is 0. The Hall–Kier alpha value is 0.0300. The molecule has 0 aromatic heterocycles. The molecule has 1 aromatic rings. The van der Waals surface area contributed by atoms with Gasteiger partial charge in [0.2, 0.25) is 0 Å². The Bertz CT molecular complexity index is 407. The first-order valence-corrected chi connectivity index (χ1v) is 6.57. The van der Waals surface area contributed by atoms with E-state index in [0.717, 1.165) is 26.2 Å². The summed E-state index contributed by atoms with van der Waals surface area (Å²) >= 11 is 11.9. The predicted octanol–water partition coefficient (Wildman–Crippen LogP) is 3.46. The van der Waals surface area contributed by atoms with Crippen molar-refractivity contribution in [2.24, 2.45) is 0 Å². The van der Waals surface area contributed by atoms with Crippen LogP contribution in [0.2, 0.25) is 10.0 Å². The summed E-state index contributed by atoms with van der Waals surface area (Å²) in [6.45, 7) is 2.49. The van der Waals surface area contributed by atoms with E-state index in [4.69, 9.17) is 23.2 Å². The van der Waals surface area contributed by atoms with Crippen molar-refractivity contribution in [2.75, 3.05) is 32.9 Å². The molecule has 8 heteroatoms. The van der Waals surface area contributed by atoms with Crippen molar-refractivity contribution >= 4 is 48.0 Å². The van der Waals surface area contributed by atoms with Gasteiger partial charge in [-0.15, -0.1) is 24.8 Å². The van der Waals surface area contributed by atoms with E-state index >= 15 is 0 Å². The largest absolute Gasteiger partial charge is 0.507 e. The third-order valence-corrected chi connectivity index (χ3v) is 3.68. The fraction of sp³-hybridized carbons (Fsp3) is 0.500. The first kappa shape index (κ1) is 20.0. The molecule has 0 saturated carbocycles. The van der Waals surface area contributed by atoms with Gasteiger partial charge in [0, 0.05) is 36.8 Å². The molecule has 3 nitrogen and oxygen atoms in total. The van der Waals surface area contributed by atoms with Crippen molar-refractivity contribution in [1.82, 2.24) is 10.2 Å². The van der Waals surface area contributed by atoms with Gasteiger partial charge in [0.1, 0.15) is 12.4 Å². The van der Waals surface area contributed by atoms with E-state index in [-0.39, 0.29) is 30.6 Å². The summed E-state index contributed by atoms with van der Waals surface area (Å²) in [6, 6.07) is 2.41. The Morgan fingerprint density at radius 3 is 2.35 bits per heavy atom. The maximum atomic E-state index is 13.3. The molecule has 1 heterocycles. The third-order valence-electron chi connectivity index (χ3n) is 3.14. The molecule has 1 aliphatic rings. The van der Waals surface area contributed by atoms with Gasteiger partial charge in [0.25, 0.3) is 0 Å². The third kappa shape index (κ3) is 4.52. The van der Waals surface area contributed by atoms with Gasteiger partial charge >= 0.3 is 0 Å². The molecule has 1 aliphatic heterocycles. The fourth-order valence-corrected chi connectivity index (χ4v) is 2.86. The van der Waals surface area contributed by atoms with Gasteiger partial charge in [0.15, 0.2) is 0 Å². The molecular weight excluding hydrogens is 349 g/mol. The molecule has 1 fully saturated rings. The number of nitrogens with one attached hydrogen (secondary N) is 1. The Kier molecular flexibility index (Phi) is 9.14. The average Bonchev–Trinajstić information content (AvgIpc) is 2.34. The summed E-state index contributed by atoms with van der Waals surface area (Å²) in [7, 11) is 0. The van der Waals surface area contributed by atoms with Crippen LogP contribution < -0.4 is 5.32 Å². The van der Waals surface area contributed by atoms with E-state index in [9.17, 15) is 9.50 Å². The summed E-state index contributed by atoms with van der Waals surface area (Å²) in [5.74, 6) is -0.0475. The van der Waals surface area contributed by atoms with E-state index in [1.165, 1.54) is 12.1 Å². The molecule has 20 heavy (non-hydrogen) atoms. The number of hydrogen-bond acceptors (Lipinski definition) is 3. The minimum atomic E-state index is -0.588. The molecule has 1 saturated heterocycles. The molecule has 0 bridgehead atoms. The van der Waals surface area contributed by atoms with Crippen LogP contribution in [0.25, 0.3) is 0 Å². The highest BCUT2D eigenvalue weighted by Crippen LogP contribution is 2.37. The van der Waals surface area contributed by atoms with Crippen LogP contribution in [0.3, 0.4) is 0 Å². The zero-order valence-corrected chi connectivity index (χ0v) is 13.8. The molecule has 0 spiro atoms. The van der Waals surface area contributed by atoms with Crippen molar-refractivity contribution in [1.29, 1.82) is 0 Å². The number of phenolic OH excluding ortho intramolecular Hbond substituents is 1. The zero-order valence-electron chi connectivity index (χ0n) is 10.6. The lowest BCUT2D eigenvalue weighted by molar-refractivity contribution is 0.145. The zero-order chi connectivity index (χ0) is 13.1. The average molecular weight is 366 g/mol. The molecule has 2 rings (SSSR count). The van der Waals surface area contributed by atoms with E-state index in [0.29, 0.717) is 15.6 Å². The molecule has 2 N–H and O–H groups in total. The van der Waals surface area contributed by atoms with Crippen molar-refractivity contribution in [3.8, 4) is 5.75 Å². The van der Waals surface area contributed by atoms with Crippen LogP contribution in [-0.4, -0.2) is 42.9 Å². The van der Waals surface area contributed by atoms with Gasteiger partial charge < -0.3 is 10.4 Å². The van der Waals surface area contributed by atoms with E-state index in [1.807, 2.05) is 4.90 Å². The van der Waals surface area contributed by atoms with Crippen LogP contribution in [0.5, 0.6) is 5.75 Å². The SMILES string of the molecule is Cl.Cl.Oc1cc(Cl)cc(Cl)c1[C@H](CF)N1CCNCC1. The standard InChI is InChI=1S/C12H15Cl2FN2O.2ClH/c13-8-5-9(14)12(11(18)6-8)10(7-15)17-3-1-16-2-4-17;;/h5-6,10,16,18H,1-4,7H2;2*1H/t10-;;/m0../s1. The van der Waals surface area contributed by atoms with Crippen molar-refractivity contribution in [2.45, 2.75) is 6.04 Å². The Morgan fingerprint density at radius 1 is 1.25 bits per heavy atom. The van der Waals surface area contributed by atoms with Crippen LogP contribution >= 0.6 is 48.0 Å². The van der Waals surface area contributed by atoms with Crippen LogP contribution in [0.4, 0.5) is 4.39 Å². The summed E-state index contributed by atoms with van der Waals surface area (Å²) in [5.41, 5.74) is 0.422. The highest BCUT2D eigenvalue weighted by Gasteiger charge is 2.26. The number of halogens is 5. The number of hydrogen-bond donors (Lipinski definition) is 2. The first-order chi connectivity index (χ1) is 8.63.